The summed E-state index contributed by atoms with van der Waals surface area (Å²) < 4.78 is 0. The Hall–Kier alpha value is -1.75. The molecule has 1 aromatic carbocycles. The monoisotopic (exact) mass is 275 g/mol. The van der Waals surface area contributed by atoms with Crippen LogP contribution in [0.5, 0.6) is 0 Å². The van der Waals surface area contributed by atoms with Gasteiger partial charge in [-0.05, 0) is 11.6 Å². The smallest absolute Gasteiger partial charge is 0.255 e. The number of primary amides is 1. The molecule has 1 heterocycles. The standard InChI is InChI=1S/C14H15N2O2S/c15-14(18)12-10-19-9-8-16(12)13(17)7-6-11-4-2-1-3-5-11/h1-6,12H,8-10H2,(H2,15,18). The first-order valence-electron chi connectivity index (χ1n) is 6.01. The average Bonchev–Trinajstić information content (AvgIpc) is 2.46. The van der Waals surface area contributed by atoms with Gasteiger partial charge in [0, 0.05) is 18.1 Å². The molecule has 4 nitrogen and oxygen atoms in total. The number of nitrogens with zero attached hydrogens (tertiary/aromatic N) is 1. The molecule has 2 amide bonds. The molecule has 2 N–H and O–H groups in total. The molecule has 1 aliphatic heterocycles. The van der Waals surface area contributed by atoms with E-state index in [-0.39, 0.29) is 5.91 Å². The number of benzene rings is 1. The third kappa shape index (κ3) is 3.61. The maximum absolute atomic E-state index is 12.1. The summed E-state index contributed by atoms with van der Waals surface area (Å²) in [7, 11) is 0. The van der Waals surface area contributed by atoms with Crippen LogP contribution in [0.2, 0.25) is 0 Å². The van der Waals surface area contributed by atoms with Crippen LogP contribution in [-0.2, 0) is 9.59 Å². The van der Waals surface area contributed by atoms with E-state index in [1.807, 2.05) is 30.3 Å². The van der Waals surface area contributed by atoms with Crippen molar-refractivity contribution >= 4 is 29.7 Å². The Morgan fingerprint density at radius 3 is 2.79 bits per heavy atom. The highest BCUT2D eigenvalue weighted by atomic mass is 32.2. The van der Waals surface area contributed by atoms with Crippen LogP contribution in [0.3, 0.4) is 0 Å². The molecule has 1 fully saturated rings. The number of hydrogen-bond donors (Lipinski definition) is 1. The average molecular weight is 275 g/mol. The Morgan fingerprint density at radius 1 is 1.37 bits per heavy atom. The maximum atomic E-state index is 12.1. The summed E-state index contributed by atoms with van der Waals surface area (Å²) in [5.41, 5.74) is 6.22. The molecule has 1 aromatic rings. The minimum atomic E-state index is -0.525. The molecule has 99 valence electrons. The number of amides is 2. The molecule has 0 aliphatic carbocycles. The molecule has 1 unspecified atom stereocenters. The third-order valence-corrected chi connectivity index (χ3v) is 3.90. The molecule has 0 aromatic heterocycles. The number of thioether (sulfide) groups is 1. The predicted octanol–water partition coefficient (Wildman–Crippen LogP) is 0.932. The van der Waals surface area contributed by atoms with Crippen LogP contribution in [-0.4, -0.2) is 40.8 Å². The summed E-state index contributed by atoms with van der Waals surface area (Å²) in [4.78, 5) is 24.9. The highest BCUT2D eigenvalue weighted by Crippen LogP contribution is 2.16. The van der Waals surface area contributed by atoms with Crippen molar-refractivity contribution in [2.45, 2.75) is 6.04 Å². The second-order valence-electron chi connectivity index (χ2n) is 4.19. The first kappa shape index (κ1) is 13.7. The van der Waals surface area contributed by atoms with Gasteiger partial charge in [-0.25, -0.2) is 0 Å². The summed E-state index contributed by atoms with van der Waals surface area (Å²) in [6.07, 6.45) is 4.33. The van der Waals surface area contributed by atoms with Crippen LogP contribution < -0.4 is 5.73 Å². The Morgan fingerprint density at radius 2 is 2.11 bits per heavy atom. The molecule has 1 radical (unpaired) electrons. The van der Waals surface area contributed by atoms with Crippen molar-refractivity contribution in [2.75, 3.05) is 18.1 Å². The fourth-order valence-electron chi connectivity index (χ4n) is 1.86. The number of carbonyl (C=O) groups is 2. The second-order valence-corrected chi connectivity index (χ2v) is 5.34. The summed E-state index contributed by atoms with van der Waals surface area (Å²) in [5.74, 6) is 0.645. The van der Waals surface area contributed by atoms with Crippen LogP contribution in [0.15, 0.2) is 30.3 Å². The molecule has 0 bridgehead atoms. The summed E-state index contributed by atoms with van der Waals surface area (Å²) in [5, 5.41) is 0. The number of rotatable bonds is 3. The zero-order valence-electron chi connectivity index (χ0n) is 10.4. The third-order valence-electron chi connectivity index (χ3n) is 2.88. The van der Waals surface area contributed by atoms with Crippen molar-refractivity contribution in [3.05, 3.63) is 42.0 Å². The van der Waals surface area contributed by atoms with E-state index >= 15 is 0 Å². The highest BCUT2D eigenvalue weighted by molar-refractivity contribution is 7.99. The van der Waals surface area contributed by atoms with Gasteiger partial charge in [0.05, 0.1) is 6.08 Å². The molecular weight excluding hydrogens is 260 g/mol. The Kier molecular flexibility index (Phi) is 4.63. The first-order valence-corrected chi connectivity index (χ1v) is 7.16. The molecule has 19 heavy (non-hydrogen) atoms. The number of hydrogen-bond acceptors (Lipinski definition) is 3. The number of carbonyl (C=O) groups excluding carboxylic acids is 2. The second kappa shape index (κ2) is 6.43. The van der Waals surface area contributed by atoms with Crippen LogP contribution in [0.1, 0.15) is 5.56 Å². The molecule has 2 rings (SSSR count). The van der Waals surface area contributed by atoms with Crippen LogP contribution in [0, 0.1) is 6.08 Å². The van der Waals surface area contributed by atoms with Gasteiger partial charge < -0.3 is 10.6 Å². The van der Waals surface area contributed by atoms with E-state index in [2.05, 4.69) is 6.08 Å². The summed E-state index contributed by atoms with van der Waals surface area (Å²) in [6.45, 7) is 0.534. The lowest BCUT2D eigenvalue weighted by Gasteiger charge is -2.32. The molecule has 0 spiro atoms. The van der Waals surface area contributed by atoms with Crippen molar-refractivity contribution in [3.63, 3.8) is 0 Å². The van der Waals surface area contributed by atoms with E-state index in [0.717, 1.165) is 11.3 Å². The lowest BCUT2D eigenvalue weighted by molar-refractivity contribution is -0.135. The fourth-order valence-corrected chi connectivity index (χ4v) is 2.92. The molecule has 1 aliphatic rings. The molecule has 1 atom stereocenters. The Balaban J connectivity index is 2.06. The first-order chi connectivity index (χ1) is 9.18. The van der Waals surface area contributed by atoms with Gasteiger partial charge in [-0.3, -0.25) is 9.59 Å². The van der Waals surface area contributed by atoms with Gasteiger partial charge in [-0.2, -0.15) is 11.8 Å². The zero-order valence-corrected chi connectivity index (χ0v) is 11.2. The quantitative estimate of drug-likeness (QED) is 0.835. The lowest BCUT2D eigenvalue weighted by atomic mass is 10.2. The van der Waals surface area contributed by atoms with Crippen molar-refractivity contribution in [3.8, 4) is 0 Å². The van der Waals surface area contributed by atoms with Gasteiger partial charge in [-0.1, -0.05) is 30.3 Å². The van der Waals surface area contributed by atoms with E-state index in [9.17, 15) is 9.59 Å². The summed E-state index contributed by atoms with van der Waals surface area (Å²) >= 11 is 1.63. The van der Waals surface area contributed by atoms with Crippen LogP contribution in [0.25, 0.3) is 6.08 Å². The van der Waals surface area contributed by atoms with Gasteiger partial charge in [0.1, 0.15) is 6.04 Å². The van der Waals surface area contributed by atoms with E-state index in [0.29, 0.717) is 12.3 Å². The molecule has 1 saturated heterocycles. The topological polar surface area (TPSA) is 63.4 Å². The highest BCUT2D eigenvalue weighted by Gasteiger charge is 2.29. The van der Waals surface area contributed by atoms with Crippen molar-refractivity contribution in [2.24, 2.45) is 5.73 Å². The van der Waals surface area contributed by atoms with E-state index < -0.39 is 11.9 Å². The van der Waals surface area contributed by atoms with Gasteiger partial charge in [-0.15, -0.1) is 0 Å². The van der Waals surface area contributed by atoms with Gasteiger partial charge >= 0.3 is 0 Å². The number of nitrogens with two attached hydrogens (primary N) is 1. The zero-order chi connectivity index (χ0) is 13.7. The normalized spacial score (nSPS) is 19.6. The lowest BCUT2D eigenvalue weighted by Crippen LogP contribution is -2.52. The Bertz CT molecular complexity index is 487. The van der Waals surface area contributed by atoms with Crippen molar-refractivity contribution in [1.82, 2.24) is 4.90 Å². The van der Waals surface area contributed by atoms with Gasteiger partial charge in [0.2, 0.25) is 5.91 Å². The maximum Gasteiger partial charge on any atom is 0.255 e. The summed E-state index contributed by atoms with van der Waals surface area (Å²) in [6, 6.07) is 8.94. The van der Waals surface area contributed by atoms with E-state index in [4.69, 9.17) is 5.73 Å². The molecule has 0 saturated carbocycles. The van der Waals surface area contributed by atoms with E-state index in [1.54, 1.807) is 17.8 Å². The molecular formula is C14H15N2O2S. The van der Waals surface area contributed by atoms with Crippen LogP contribution >= 0.6 is 11.8 Å². The van der Waals surface area contributed by atoms with Crippen LogP contribution in [0.4, 0.5) is 0 Å². The minimum absolute atomic E-state index is 0.284. The van der Waals surface area contributed by atoms with Gasteiger partial charge in [0.15, 0.2) is 0 Å². The SMILES string of the molecule is NC(=O)C1CSCCN1C(=O)/[C]=C/c1ccccc1. The fraction of sp³-hybridized carbons (Fsp3) is 0.286. The largest absolute Gasteiger partial charge is 0.368 e. The molecule has 5 heteroatoms. The minimum Gasteiger partial charge on any atom is -0.368 e. The van der Waals surface area contributed by atoms with Crippen molar-refractivity contribution < 1.29 is 9.59 Å². The van der Waals surface area contributed by atoms with E-state index in [1.165, 1.54) is 4.90 Å². The predicted molar refractivity (Wildman–Crippen MR) is 76.2 cm³/mol. The van der Waals surface area contributed by atoms with Crippen molar-refractivity contribution in [1.29, 1.82) is 0 Å². The Labute approximate surface area is 116 Å². The van der Waals surface area contributed by atoms with Gasteiger partial charge in [0.25, 0.3) is 5.91 Å².